The number of thioether (sulfide) groups is 1. The first-order chi connectivity index (χ1) is 8.76. The van der Waals surface area contributed by atoms with Crippen molar-refractivity contribution in [2.75, 3.05) is 19.4 Å². The first-order valence-corrected chi connectivity index (χ1v) is 7.46. The minimum atomic E-state index is -0.607. The maximum atomic E-state index is 9.45. The zero-order chi connectivity index (χ0) is 13.0. The number of rotatable bonds is 5. The van der Waals surface area contributed by atoms with Crippen molar-refractivity contribution < 1.29 is 10.2 Å². The van der Waals surface area contributed by atoms with Crippen molar-refractivity contribution in [3.05, 3.63) is 35.4 Å². The molecule has 1 aliphatic rings. The van der Waals surface area contributed by atoms with Crippen LogP contribution in [-0.4, -0.2) is 41.0 Å². The van der Waals surface area contributed by atoms with Gasteiger partial charge in [-0.1, -0.05) is 24.3 Å². The van der Waals surface area contributed by atoms with Crippen LogP contribution in [0.25, 0.3) is 0 Å². The predicted octanol–water partition coefficient (Wildman–Crippen LogP) is 1.35. The molecule has 0 aromatic heterocycles. The Balaban J connectivity index is 2.06. The van der Waals surface area contributed by atoms with E-state index in [1.807, 2.05) is 7.05 Å². The molecule has 18 heavy (non-hydrogen) atoms. The van der Waals surface area contributed by atoms with Crippen LogP contribution in [-0.2, 0) is 6.42 Å². The van der Waals surface area contributed by atoms with Gasteiger partial charge >= 0.3 is 0 Å². The molecule has 3 unspecified atom stereocenters. The average Bonchev–Trinajstić information content (AvgIpc) is 2.43. The topological polar surface area (TPSA) is 52.5 Å². The molecule has 3 atom stereocenters. The fraction of sp³-hybridized carbons (Fsp3) is 0.571. The maximum Gasteiger partial charge on any atom is 0.0861 e. The van der Waals surface area contributed by atoms with E-state index in [1.54, 1.807) is 11.8 Å². The molecule has 1 aromatic carbocycles. The van der Waals surface area contributed by atoms with Crippen molar-refractivity contribution in [2.45, 2.75) is 30.2 Å². The second kappa shape index (κ2) is 6.57. The quantitative estimate of drug-likeness (QED) is 0.754. The Morgan fingerprint density at radius 1 is 1.44 bits per heavy atom. The standard InChI is InChI=1S/C14H21NO2S/c1-15-14-12-5-3-2-4-10(12)6-7-13(14)18-9-11(17)8-16/h2-5,11,13-17H,6-9H2,1H3. The van der Waals surface area contributed by atoms with Gasteiger partial charge in [0.25, 0.3) is 0 Å². The van der Waals surface area contributed by atoms with E-state index in [9.17, 15) is 5.11 Å². The van der Waals surface area contributed by atoms with Crippen LogP contribution in [0.5, 0.6) is 0 Å². The van der Waals surface area contributed by atoms with Crippen LogP contribution in [0.3, 0.4) is 0 Å². The zero-order valence-electron chi connectivity index (χ0n) is 10.7. The minimum Gasteiger partial charge on any atom is -0.394 e. The zero-order valence-corrected chi connectivity index (χ0v) is 11.5. The fourth-order valence-electron chi connectivity index (χ4n) is 2.54. The molecule has 3 nitrogen and oxygen atoms in total. The Bertz CT molecular complexity index is 386. The van der Waals surface area contributed by atoms with E-state index in [4.69, 9.17) is 5.11 Å². The van der Waals surface area contributed by atoms with E-state index in [1.165, 1.54) is 11.1 Å². The van der Waals surface area contributed by atoms with Crippen molar-refractivity contribution in [2.24, 2.45) is 0 Å². The third kappa shape index (κ3) is 3.06. The predicted molar refractivity (Wildman–Crippen MR) is 75.9 cm³/mol. The van der Waals surface area contributed by atoms with E-state index >= 15 is 0 Å². The van der Waals surface area contributed by atoms with Gasteiger partial charge in [0.2, 0.25) is 0 Å². The molecule has 1 aliphatic carbocycles. The van der Waals surface area contributed by atoms with Crippen LogP contribution in [0, 0.1) is 0 Å². The molecule has 4 heteroatoms. The van der Waals surface area contributed by atoms with Gasteiger partial charge in [0.1, 0.15) is 0 Å². The first kappa shape index (κ1) is 13.9. The van der Waals surface area contributed by atoms with Gasteiger partial charge in [-0.2, -0.15) is 11.8 Å². The Labute approximate surface area is 113 Å². The second-order valence-corrected chi connectivity index (χ2v) is 5.98. The Morgan fingerprint density at radius 2 is 2.22 bits per heavy atom. The SMILES string of the molecule is CNC1c2ccccc2CCC1SCC(O)CO. The van der Waals surface area contributed by atoms with E-state index in [2.05, 4.69) is 29.6 Å². The summed E-state index contributed by atoms with van der Waals surface area (Å²) in [6.07, 6.45) is 1.61. The minimum absolute atomic E-state index is 0.152. The van der Waals surface area contributed by atoms with E-state index < -0.39 is 6.10 Å². The number of nitrogens with one attached hydrogen (secondary N) is 1. The normalized spacial score (nSPS) is 24.6. The third-order valence-electron chi connectivity index (χ3n) is 3.48. The van der Waals surface area contributed by atoms with Gasteiger partial charge in [-0.25, -0.2) is 0 Å². The van der Waals surface area contributed by atoms with Gasteiger partial charge < -0.3 is 15.5 Å². The van der Waals surface area contributed by atoms with Crippen molar-refractivity contribution in [3.8, 4) is 0 Å². The van der Waals surface area contributed by atoms with Crippen LogP contribution in [0.2, 0.25) is 0 Å². The molecule has 2 rings (SSSR count). The molecule has 0 radical (unpaired) electrons. The summed E-state index contributed by atoms with van der Waals surface area (Å²) in [6.45, 7) is -0.152. The fourth-order valence-corrected chi connectivity index (χ4v) is 3.87. The average molecular weight is 267 g/mol. The van der Waals surface area contributed by atoms with Crippen LogP contribution in [0.1, 0.15) is 23.6 Å². The number of fused-ring (bicyclic) bond motifs is 1. The molecule has 0 spiro atoms. The Hall–Kier alpha value is -0.550. The van der Waals surface area contributed by atoms with E-state index in [-0.39, 0.29) is 6.61 Å². The maximum absolute atomic E-state index is 9.45. The van der Waals surface area contributed by atoms with Crippen molar-refractivity contribution in [3.63, 3.8) is 0 Å². The van der Waals surface area contributed by atoms with Crippen LogP contribution in [0.15, 0.2) is 24.3 Å². The van der Waals surface area contributed by atoms with Crippen molar-refractivity contribution >= 4 is 11.8 Å². The lowest BCUT2D eigenvalue weighted by molar-refractivity contribution is 0.113. The van der Waals surface area contributed by atoms with Crippen LogP contribution < -0.4 is 5.32 Å². The van der Waals surface area contributed by atoms with Gasteiger partial charge in [-0.05, 0) is 31.0 Å². The second-order valence-electron chi connectivity index (χ2n) is 4.71. The largest absolute Gasteiger partial charge is 0.394 e. The van der Waals surface area contributed by atoms with Gasteiger partial charge in [-0.15, -0.1) is 0 Å². The monoisotopic (exact) mass is 267 g/mol. The summed E-state index contributed by atoms with van der Waals surface area (Å²) in [5, 5.41) is 22.2. The highest BCUT2D eigenvalue weighted by Crippen LogP contribution is 2.36. The summed E-state index contributed by atoms with van der Waals surface area (Å²) in [6, 6.07) is 8.90. The molecule has 0 amide bonds. The number of hydrogen-bond acceptors (Lipinski definition) is 4. The molecule has 0 aliphatic heterocycles. The third-order valence-corrected chi connectivity index (χ3v) is 5.00. The summed E-state index contributed by atoms with van der Waals surface area (Å²) in [7, 11) is 1.99. The lowest BCUT2D eigenvalue weighted by Gasteiger charge is -2.33. The number of hydrogen-bond donors (Lipinski definition) is 3. The van der Waals surface area contributed by atoms with Gasteiger partial charge in [0.05, 0.1) is 12.7 Å². The lowest BCUT2D eigenvalue weighted by Crippen LogP contribution is -2.33. The highest BCUT2D eigenvalue weighted by Gasteiger charge is 2.28. The summed E-state index contributed by atoms with van der Waals surface area (Å²) in [5.41, 5.74) is 2.80. The summed E-state index contributed by atoms with van der Waals surface area (Å²) < 4.78 is 0. The summed E-state index contributed by atoms with van der Waals surface area (Å²) >= 11 is 1.75. The summed E-state index contributed by atoms with van der Waals surface area (Å²) in [4.78, 5) is 0. The van der Waals surface area contributed by atoms with E-state index in [0.717, 1.165) is 12.8 Å². The van der Waals surface area contributed by atoms with E-state index in [0.29, 0.717) is 17.0 Å². The highest BCUT2D eigenvalue weighted by atomic mass is 32.2. The smallest absolute Gasteiger partial charge is 0.0861 e. The lowest BCUT2D eigenvalue weighted by atomic mass is 9.87. The molecular weight excluding hydrogens is 246 g/mol. The number of benzene rings is 1. The number of aryl methyl sites for hydroxylation is 1. The van der Waals surface area contributed by atoms with Gasteiger partial charge in [0, 0.05) is 17.0 Å². The molecule has 0 fully saturated rings. The molecule has 0 bridgehead atoms. The van der Waals surface area contributed by atoms with Crippen LogP contribution >= 0.6 is 11.8 Å². The number of aliphatic hydroxyl groups excluding tert-OH is 2. The molecule has 100 valence electrons. The molecule has 0 saturated carbocycles. The van der Waals surface area contributed by atoms with Crippen molar-refractivity contribution in [1.29, 1.82) is 0 Å². The Morgan fingerprint density at radius 3 is 2.94 bits per heavy atom. The van der Waals surface area contributed by atoms with Crippen molar-refractivity contribution in [1.82, 2.24) is 5.32 Å². The van der Waals surface area contributed by atoms with Gasteiger partial charge in [-0.3, -0.25) is 0 Å². The highest BCUT2D eigenvalue weighted by molar-refractivity contribution is 8.00. The van der Waals surface area contributed by atoms with Crippen LogP contribution in [0.4, 0.5) is 0 Å². The molecule has 0 saturated heterocycles. The number of aliphatic hydroxyl groups is 2. The molecule has 0 heterocycles. The molecular formula is C14H21NO2S. The molecule has 1 aromatic rings. The summed E-state index contributed by atoms with van der Waals surface area (Å²) in [5.74, 6) is 0.599. The van der Waals surface area contributed by atoms with Gasteiger partial charge in [0.15, 0.2) is 0 Å². The first-order valence-electron chi connectivity index (χ1n) is 6.42. The Kier molecular flexibility index (Phi) is 5.06. The molecule has 3 N–H and O–H groups in total.